The van der Waals surface area contributed by atoms with Crippen molar-refractivity contribution in [3.63, 3.8) is 0 Å². The van der Waals surface area contributed by atoms with Crippen molar-refractivity contribution in [3.05, 3.63) is 22.7 Å². The molecule has 2 N–H and O–H groups in total. The minimum Gasteiger partial charge on any atom is -0.486 e. The Hall–Kier alpha value is -1.11. The van der Waals surface area contributed by atoms with E-state index in [9.17, 15) is 4.79 Å². The van der Waals surface area contributed by atoms with Crippen LogP contribution in [0.3, 0.4) is 0 Å². The largest absolute Gasteiger partial charge is 0.486 e. The van der Waals surface area contributed by atoms with Crippen molar-refractivity contribution in [2.75, 3.05) is 19.0 Å². The monoisotopic (exact) mass is 315 g/mol. The smallest absolute Gasteiger partial charge is 0.320 e. The average Bonchev–Trinajstić information content (AvgIpc) is 2.47. The molecule has 0 radical (unpaired) electrons. The molecule has 0 amide bonds. The van der Waals surface area contributed by atoms with E-state index in [1.807, 2.05) is 12.1 Å². The third-order valence-electron chi connectivity index (χ3n) is 3.26. The van der Waals surface area contributed by atoms with Gasteiger partial charge in [0, 0.05) is 0 Å². The molecule has 7 heteroatoms. The fourth-order valence-corrected chi connectivity index (χ4v) is 3.76. The normalized spacial score (nSPS) is 25.2. The minimum atomic E-state index is -0.820. The summed E-state index contributed by atoms with van der Waals surface area (Å²) in [4.78, 5) is 11.1. The summed E-state index contributed by atoms with van der Waals surface area (Å²) in [5.41, 5.74) is 0.912. The molecule has 1 fully saturated rings. The molecule has 1 saturated heterocycles. The zero-order chi connectivity index (χ0) is 14.1. The number of hydrogen-bond acceptors (Lipinski definition) is 5. The molecule has 1 aromatic carbocycles. The molecule has 1 aromatic rings. The van der Waals surface area contributed by atoms with Gasteiger partial charge < -0.3 is 14.6 Å². The molecule has 0 bridgehead atoms. The molecule has 2 aliphatic rings. The van der Waals surface area contributed by atoms with E-state index in [-0.39, 0.29) is 5.37 Å². The lowest BCUT2D eigenvalue weighted by molar-refractivity contribution is -0.139. The lowest BCUT2D eigenvalue weighted by atomic mass is 10.1. The number of nitrogens with one attached hydrogen (secondary N) is 1. The summed E-state index contributed by atoms with van der Waals surface area (Å²) in [6.45, 7) is 0.985. The Bertz CT molecular complexity index is 539. The van der Waals surface area contributed by atoms with E-state index in [0.717, 1.165) is 11.3 Å². The van der Waals surface area contributed by atoms with Gasteiger partial charge in [-0.3, -0.25) is 10.1 Å². The van der Waals surface area contributed by atoms with E-state index in [4.69, 9.17) is 26.2 Å². The third-order valence-corrected chi connectivity index (χ3v) is 4.76. The zero-order valence-electron chi connectivity index (χ0n) is 10.6. The van der Waals surface area contributed by atoms with Gasteiger partial charge >= 0.3 is 5.97 Å². The zero-order valence-corrected chi connectivity index (χ0v) is 12.2. The highest BCUT2D eigenvalue weighted by molar-refractivity contribution is 7.99. The van der Waals surface area contributed by atoms with Crippen molar-refractivity contribution in [2.24, 2.45) is 0 Å². The second kappa shape index (κ2) is 5.71. The molecule has 3 rings (SSSR count). The number of fused-ring (bicyclic) bond motifs is 1. The van der Waals surface area contributed by atoms with E-state index < -0.39 is 12.0 Å². The van der Waals surface area contributed by atoms with Crippen molar-refractivity contribution in [1.82, 2.24) is 5.32 Å². The van der Waals surface area contributed by atoms with Gasteiger partial charge in [0.1, 0.15) is 19.3 Å². The highest BCUT2D eigenvalue weighted by Crippen LogP contribution is 2.42. The molecule has 0 saturated carbocycles. The summed E-state index contributed by atoms with van der Waals surface area (Å²) < 4.78 is 11.0. The fraction of sp³-hybridized carbons (Fsp3) is 0.462. The predicted molar refractivity (Wildman–Crippen MR) is 76.8 cm³/mol. The summed E-state index contributed by atoms with van der Waals surface area (Å²) in [6, 6.07) is 3.16. The molecule has 20 heavy (non-hydrogen) atoms. The van der Waals surface area contributed by atoms with Gasteiger partial charge in [0.15, 0.2) is 11.5 Å². The molecule has 2 unspecified atom stereocenters. The number of benzene rings is 1. The Morgan fingerprint density at radius 1 is 1.40 bits per heavy atom. The number of ether oxygens (including phenoxy) is 2. The molecule has 0 aliphatic carbocycles. The first-order valence-corrected chi connectivity index (χ1v) is 7.77. The van der Waals surface area contributed by atoms with E-state index in [1.165, 1.54) is 0 Å². The van der Waals surface area contributed by atoms with Gasteiger partial charge in [0.05, 0.1) is 10.4 Å². The Morgan fingerprint density at radius 2 is 2.20 bits per heavy atom. The Labute approximate surface area is 125 Å². The van der Waals surface area contributed by atoms with E-state index in [2.05, 4.69) is 5.32 Å². The number of hydrogen-bond donors (Lipinski definition) is 2. The maximum Gasteiger partial charge on any atom is 0.320 e. The Morgan fingerprint density at radius 3 is 3.00 bits per heavy atom. The van der Waals surface area contributed by atoms with Crippen LogP contribution in [0.2, 0.25) is 5.02 Å². The average molecular weight is 316 g/mol. The van der Waals surface area contributed by atoms with Crippen LogP contribution < -0.4 is 14.8 Å². The molecule has 108 valence electrons. The highest BCUT2D eigenvalue weighted by atomic mass is 35.5. The number of thioether (sulfide) groups is 1. The van der Waals surface area contributed by atoms with E-state index >= 15 is 0 Å². The predicted octanol–water partition coefficient (Wildman–Crippen LogP) is 2.29. The summed E-state index contributed by atoms with van der Waals surface area (Å²) in [7, 11) is 0. The van der Waals surface area contributed by atoms with E-state index in [0.29, 0.717) is 36.2 Å². The maximum absolute atomic E-state index is 11.1. The molecule has 0 spiro atoms. The number of rotatable bonds is 2. The van der Waals surface area contributed by atoms with Gasteiger partial charge in [0.25, 0.3) is 0 Å². The first-order valence-electron chi connectivity index (χ1n) is 6.34. The van der Waals surface area contributed by atoms with Crippen molar-refractivity contribution in [2.45, 2.75) is 17.8 Å². The maximum atomic E-state index is 11.1. The van der Waals surface area contributed by atoms with Crippen LogP contribution in [0, 0.1) is 0 Å². The standard InChI is InChI=1S/C13H14ClNO4S/c14-8-5-7(6-10-11(8)19-3-2-18-10)12-15-9(13(16)17)1-4-20-12/h5-6,9,12,15H,1-4H2,(H,16,17). The highest BCUT2D eigenvalue weighted by Gasteiger charge is 2.29. The van der Waals surface area contributed by atoms with Crippen LogP contribution in [0.1, 0.15) is 17.4 Å². The summed E-state index contributed by atoms with van der Waals surface area (Å²) in [5, 5.41) is 12.6. The van der Waals surface area contributed by atoms with Crippen molar-refractivity contribution in [3.8, 4) is 11.5 Å². The van der Waals surface area contributed by atoms with Crippen LogP contribution in [0.5, 0.6) is 11.5 Å². The number of carbonyl (C=O) groups is 1. The van der Waals surface area contributed by atoms with Crippen LogP contribution in [-0.2, 0) is 4.79 Å². The quantitative estimate of drug-likeness (QED) is 0.873. The molecule has 2 atom stereocenters. The first kappa shape index (κ1) is 13.9. The topological polar surface area (TPSA) is 67.8 Å². The van der Waals surface area contributed by atoms with Crippen molar-refractivity contribution in [1.29, 1.82) is 0 Å². The molecular formula is C13H14ClNO4S. The van der Waals surface area contributed by atoms with Gasteiger partial charge in [-0.2, -0.15) is 0 Å². The van der Waals surface area contributed by atoms with Gasteiger partial charge in [-0.25, -0.2) is 0 Å². The number of aliphatic carboxylic acids is 1. The van der Waals surface area contributed by atoms with Gasteiger partial charge in [0.2, 0.25) is 0 Å². The molecular weight excluding hydrogens is 302 g/mol. The second-order valence-corrected chi connectivity index (χ2v) is 6.24. The fourth-order valence-electron chi connectivity index (χ4n) is 2.29. The molecule has 5 nitrogen and oxygen atoms in total. The molecule has 2 heterocycles. The van der Waals surface area contributed by atoms with Crippen LogP contribution in [0.15, 0.2) is 12.1 Å². The Balaban J connectivity index is 1.86. The first-order chi connectivity index (χ1) is 9.65. The Kier molecular flexibility index (Phi) is 3.96. The number of carboxylic acids is 1. The molecule has 0 aromatic heterocycles. The third kappa shape index (κ3) is 2.68. The van der Waals surface area contributed by atoms with Gasteiger partial charge in [-0.15, -0.1) is 11.8 Å². The van der Waals surface area contributed by atoms with Crippen LogP contribution in [0.4, 0.5) is 0 Å². The van der Waals surface area contributed by atoms with Crippen molar-refractivity contribution < 1.29 is 19.4 Å². The lowest BCUT2D eigenvalue weighted by Crippen LogP contribution is -2.41. The van der Waals surface area contributed by atoms with Crippen molar-refractivity contribution >= 4 is 29.3 Å². The minimum absolute atomic E-state index is 0.0989. The summed E-state index contributed by atoms with van der Waals surface area (Å²) in [6.07, 6.45) is 0.620. The number of carboxylic acid groups (broad SMARTS) is 1. The van der Waals surface area contributed by atoms with E-state index in [1.54, 1.807) is 11.8 Å². The van der Waals surface area contributed by atoms with Gasteiger partial charge in [-0.1, -0.05) is 11.6 Å². The van der Waals surface area contributed by atoms with Gasteiger partial charge in [-0.05, 0) is 29.9 Å². The molecule has 2 aliphatic heterocycles. The SMILES string of the molecule is O=C(O)C1CCSC(c2cc(Cl)c3c(c2)OCCO3)N1. The summed E-state index contributed by atoms with van der Waals surface area (Å²) >= 11 is 7.87. The second-order valence-electron chi connectivity index (χ2n) is 4.62. The van der Waals surface area contributed by atoms with Crippen LogP contribution >= 0.6 is 23.4 Å². The lowest BCUT2D eigenvalue weighted by Gasteiger charge is -2.29. The number of halogens is 1. The summed E-state index contributed by atoms with van der Waals surface area (Å²) in [5.74, 6) is 1.16. The van der Waals surface area contributed by atoms with Crippen LogP contribution in [0.25, 0.3) is 0 Å². The van der Waals surface area contributed by atoms with Crippen LogP contribution in [-0.4, -0.2) is 36.1 Å².